The second kappa shape index (κ2) is 5.71. The predicted octanol–water partition coefficient (Wildman–Crippen LogP) is 3.05. The zero-order chi connectivity index (χ0) is 13.0. The Bertz CT molecular complexity index is 442. The molecule has 1 N–H and O–H groups in total. The molecule has 0 spiro atoms. The van der Waals surface area contributed by atoms with Crippen LogP contribution in [-0.2, 0) is 4.79 Å². The van der Waals surface area contributed by atoms with E-state index in [1.54, 1.807) is 0 Å². The molecule has 96 valence electrons. The van der Waals surface area contributed by atoms with Gasteiger partial charge in [0.1, 0.15) is 0 Å². The Morgan fingerprint density at radius 1 is 1.50 bits per heavy atom. The Morgan fingerprint density at radius 2 is 2.28 bits per heavy atom. The lowest BCUT2D eigenvalue weighted by atomic mass is 9.99. The van der Waals surface area contributed by atoms with Crippen LogP contribution in [0.3, 0.4) is 0 Å². The number of anilines is 2. The molecule has 1 atom stereocenters. The third-order valence-corrected chi connectivity index (χ3v) is 3.35. The van der Waals surface area contributed by atoms with E-state index in [2.05, 4.69) is 29.8 Å². The normalized spacial score (nSPS) is 19.4. The van der Waals surface area contributed by atoms with Gasteiger partial charge in [0, 0.05) is 13.1 Å². The smallest absolute Gasteiger partial charge is 0.247 e. The van der Waals surface area contributed by atoms with Crippen LogP contribution in [0.5, 0.6) is 0 Å². The largest absolute Gasteiger partial charge is 0.370 e. The molecule has 1 aliphatic rings. The molecule has 0 bridgehead atoms. The molecule has 0 aromatic heterocycles. The number of nitrogens with zero attached hydrogens (tertiary/aromatic N) is 1. The van der Waals surface area contributed by atoms with Crippen LogP contribution < -0.4 is 10.2 Å². The van der Waals surface area contributed by atoms with Crippen molar-refractivity contribution < 1.29 is 4.79 Å². The van der Waals surface area contributed by atoms with Gasteiger partial charge in [-0.25, -0.2) is 0 Å². The van der Waals surface area contributed by atoms with Crippen LogP contribution in [0.4, 0.5) is 11.4 Å². The fourth-order valence-electron chi connectivity index (χ4n) is 2.45. The second-order valence-corrected chi connectivity index (χ2v) is 4.90. The SMILES string of the molecule is C=CC(=O)Nc1ccccc1N1CCCC(C)C1. The summed E-state index contributed by atoms with van der Waals surface area (Å²) in [6.07, 6.45) is 3.80. The third-order valence-electron chi connectivity index (χ3n) is 3.35. The van der Waals surface area contributed by atoms with Gasteiger partial charge in [0.05, 0.1) is 11.4 Å². The van der Waals surface area contributed by atoms with Gasteiger partial charge in [-0.1, -0.05) is 25.6 Å². The van der Waals surface area contributed by atoms with Gasteiger partial charge in [-0.15, -0.1) is 0 Å². The highest BCUT2D eigenvalue weighted by molar-refractivity contribution is 6.01. The van der Waals surface area contributed by atoms with E-state index in [4.69, 9.17) is 0 Å². The van der Waals surface area contributed by atoms with Crippen molar-refractivity contribution in [1.82, 2.24) is 0 Å². The van der Waals surface area contributed by atoms with Crippen molar-refractivity contribution in [3.63, 3.8) is 0 Å². The van der Waals surface area contributed by atoms with E-state index >= 15 is 0 Å². The number of nitrogens with one attached hydrogen (secondary N) is 1. The molecule has 3 heteroatoms. The molecule has 1 heterocycles. The Hall–Kier alpha value is -1.77. The van der Waals surface area contributed by atoms with E-state index in [0.717, 1.165) is 24.5 Å². The van der Waals surface area contributed by atoms with E-state index in [1.807, 2.05) is 18.2 Å². The summed E-state index contributed by atoms with van der Waals surface area (Å²) in [5.74, 6) is 0.550. The lowest BCUT2D eigenvalue weighted by Crippen LogP contribution is -2.34. The van der Waals surface area contributed by atoms with Gasteiger partial charge in [-0.2, -0.15) is 0 Å². The van der Waals surface area contributed by atoms with Crippen molar-refractivity contribution in [2.45, 2.75) is 19.8 Å². The number of piperidine rings is 1. The Labute approximate surface area is 108 Å². The molecule has 1 fully saturated rings. The molecule has 0 saturated carbocycles. The first kappa shape index (κ1) is 12.7. The average molecular weight is 244 g/mol. The van der Waals surface area contributed by atoms with E-state index in [0.29, 0.717) is 5.92 Å². The van der Waals surface area contributed by atoms with Gasteiger partial charge in [-0.3, -0.25) is 4.79 Å². The molecular weight excluding hydrogens is 224 g/mol. The first-order valence-corrected chi connectivity index (χ1v) is 6.48. The predicted molar refractivity (Wildman–Crippen MR) is 75.9 cm³/mol. The number of benzene rings is 1. The van der Waals surface area contributed by atoms with Gasteiger partial charge in [0.15, 0.2) is 0 Å². The van der Waals surface area contributed by atoms with Gasteiger partial charge < -0.3 is 10.2 Å². The van der Waals surface area contributed by atoms with Crippen LogP contribution in [0.2, 0.25) is 0 Å². The molecule has 3 nitrogen and oxygen atoms in total. The lowest BCUT2D eigenvalue weighted by molar-refractivity contribution is -0.111. The summed E-state index contributed by atoms with van der Waals surface area (Å²) < 4.78 is 0. The maximum Gasteiger partial charge on any atom is 0.247 e. The monoisotopic (exact) mass is 244 g/mol. The molecule has 2 rings (SSSR count). The van der Waals surface area contributed by atoms with Gasteiger partial charge in [-0.05, 0) is 37.0 Å². The molecular formula is C15H20N2O. The van der Waals surface area contributed by atoms with E-state index < -0.39 is 0 Å². The van der Waals surface area contributed by atoms with Crippen LogP contribution in [0.15, 0.2) is 36.9 Å². The van der Waals surface area contributed by atoms with Crippen molar-refractivity contribution in [3.8, 4) is 0 Å². The molecule has 1 aliphatic heterocycles. The zero-order valence-electron chi connectivity index (χ0n) is 10.9. The average Bonchev–Trinajstić information content (AvgIpc) is 2.39. The number of hydrogen-bond acceptors (Lipinski definition) is 2. The Morgan fingerprint density at radius 3 is 3.00 bits per heavy atom. The maximum absolute atomic E-state index is 11.4. The number of hydrogen-bond donors (Lipinski definition) is 1. The molecule has 1 amide bonds. The minimum atomic E-state index is -0.160. The minimum absolute atomic E-state index is 0.160. The highest BCUT2D eigenvalue weighted by Gasteiger charge is 2.18. The summed E-state index contributed by atoms with van der Waals surface area (Å²) in [5.41, 5.74) is 1.98. The van der Waals surface area contributed by atoms with Crippen molar-refractivity contribution in [3.05, 3.63) is 36.9 Å². The second-order valence-electron chi connectivity index (χ2n) is 4.90. The number of amides is 1. The number of rotatable bonds is 3. The third kappa shape index (κ3) is 2.92. The van der Waals surface area contributed by atoms with Crippen LogP contribution >= 0.6 is 0 Å². The van der Waals surface area contributed by atoms with Crippen LogP contribution in [-0.4, -0.2) is 19.0 Å². The molecule has 0 aliphatic carbocycles. The Kier molecular flexibility index (Phi) is 4.03. The first-order valence-electron chi connectivity index (χ1n) is 6.48. The van der Waals surface area contributed by atoms with Crippen molar-refractivity contribution >= 4 is 17.3 Å². The van der Waals surface area contributed by atoms with E-state index in [-0.39, 0.29) is 5.91 Å². The topological polar surface area (TPSA) is 32.3 Å². The molecule has 18 heavy (non-hydrogen) atoms. The number of carbonyl (C=O) groups excluding carboxylic acids is 1. The van der Waals surface area contributed by atoms with E-state index in [1.165, 1.54) is 18.9 Å². The summed E-state index contributed by atoms with van der Waals surface area (Å²) in [5, 5.41) is 2.87. The molecule has 1 unspecified atom stereocenters. The molecule has 1 aromatic rings. The molecule has 0 radical (unpaired) electrons. The Balaban J connectivity index is 2.20. The molecule has 1 aromatic carbocycles. The summed E-state index contributed by atoms with van der Waals surface area (Å²) in [4.78, 5) is 13.8. The van der Waals surface area contributed by atoms with Crippen molar-refractivity contribution in [2.24, 2.45) is 5.92 Å². The standard InChI is InChI=1S/C15H20N2O/c1-3-15(18)16-13-8-4-5-9-14(13)17-10-6-7-12(2)11-17/h3-5,8-9,12H,1,6-7,10-11H2,2H3,(H,16,18). The highest BCUT2D eigenvalue weighted by Crippen LogP contribution is 2.29. The summed E-state index contributed by atoms with van der Waals surface area (Å²) in [7, 11) is 0. The van der Waals surface area contributed by atoms with Crippen LogP contribution in [0, 0.1) is 5.92 Å². The number of carbonyl (C=O) groups is 1. The van der Waals surface area contributed by atoms with E-state index in [9.17, 15) is 4.79 Å². The van der Waals surface area contributed by atoms with Gasteiger partial charge >= 0.3 is 0 Å². The fraction of sp³-hybridized carbons (Fsp3) is 0.400. The lowest BCUT2D eigenvalue weighted by Gasteiger charge is -2.34. The summed E-state index contributed by atoms with van der Waals surface area (Å²) in [6, 6.07) is 7.96. The summed E-state index contributed by atoms with van der Waals surface area (Å²) in [6.45, 7) is 7.88. The quantitative estimate of drug-likeness (QED) is 0.829. The van der Waals surface area contributed by atoms with Crippen LogP contribution in [0.25, 0.3) is 0 Å². The van der Waals surface area contributed by atoms with Gasteiger partial charge in [0.2, 0.25) is 5.91 Å². The molecule has 1 saturated heterocycles. The summed E-state index contributed by atoms with van der Waals surface area (Å²) >= 11 is 0. The first-order chi connectivity index (χ1) is 8.70. The fourth-order valence-corrected chi connectivity index (χ4v) is 2.45. The van der Waals surface area contributed by atoms with Crippen molar-refractivity contribution in [2.75, 3.05) is 23.3 Å². The maximum atomic E-state index is 11.4. The highest BCUT2D eigenvalue weighted by atomic mass is 16.1. The minimum Gasteiger partial charge on any atom is -0.370 e. The zero-order valence-corrected chi connectivity index (χ0v) is 10.9. The van der Waals surface area contributed by atoms with Gasteiger partial charge in [0.25, 0.3) is 0 Å². The van der Waals surface area contributed by atoms with Crippen molar-refractivity contribution in [1.29, 1.82) is 0 Å². The van der Waals surface area contributed by atoms with Crippen LogP contribution in [0.1, 0.15) is 19.8 Å². The number of para-hydroxylation sites is 2.